The number of ketones is 1. The molecule has 23 heavy (non-hydrogen) atoms. The molecule has 0 aromatic rings. The van der Waals surface area contributed by atoms with Crippen LogP contribution in [-0.2, 0) is 14.3 Å². The molecule has 0 aliphatic rings. The SMILES string of the molecule is CCCCCCCCC(CC)COC(=O)CCCC(=O)C(C)C. The van der Waals surface area contributed by atoms with Gasteiger partial charge in [-0.05, 0) is 18.8 Å². The largest absolute Gasteiger partial charge is 0.465 e. The lowest BCUT2D eigenvalue weighted by molar-refractivity contribution is -0.145. The first-order valence-corrected chi connectivity index (χ1v) is 9.69. The minimum atomic E-state index is -0.150. The Balaban J connectivity index is 3.68. The highest BCUT2D eigenvalue weighted by atomic mass is 16.5. The van der Waals surface area contributed by atoms with Crippen molar-refractivity contribution in [2.24, 2.45) is 11.8 Å². The second-order valence-corrected chi connectivity index (χ2v) is 6.99. The number of hydrogen-bond acceptors (Lipinski definition) is 3. The Hall–Kier alpha value is -0.860. The van der Waals surface area contributed by atoms with E-state index in [1.807, 2.05) is 13.8 Å². The minimum Gasteiger partial charge on any atom is -0.465 e. The van der Waals surface area contributed by atoms with Crippen molar-refractivity contribution in [3.8, 4) is 0 Å². The third-order valence-electron chi connectivity index (χ3n) is 4.47. The van der Waals surface area contributed by atoms with E-state index < -0.39 is 0 Å². The Morgan fingerprint density at radius 2 is 1.52 bits per heavy atom. The van der Waals surface area contributed by atoms with Gasteiger partial charge in [0.05, 0.1) is 6.61 Å². The Kier molecular flexibility index (Phi) is 14.2. The van der Waals surface area contributed by atoms with Crippen LogP contribution in [0.25, 0.3) is 0 Å². The molecule has 0 rings (SSSR count). The maximum atomic E-state index is 11.7. The fourth-order valence-electron chi connectivity index (χ4n) is 2.60. The van der Waals surface area contributed by atoms with Crippen molar-refractivity contribution in [3.05, 3.63) is 0 Å². The average molecular weight is 327 g/mol. The molecule has 0 fully saturated rings. The Bertz CT molecular complexity index is 310. The first-order valence-electron chi connectivity index (χ1n) is 9.69. The molecule has 0 N–H and O–H groups in total. The summed E-state index contributed by atoms with van der Waals surface area (Å²) in [6, 6.07) is 0. The molecule has 0 spiro atoms. The highest BCUT2D eigenvalue weighted by Gasteiger charge is 2.12. The van der Waals surface area contributed by atoms with E-state index in [0.717, 1.165) is 12.8 Å². The summed E-state index contributed by atoms with van der Waals surface area (Å²) in [7, 11) is 0. The van der Waals surface area contributed by atoms with Gasteiger partial charge in [0, 0.05) is 18.8 Å². The molecule has 3 heteroatoms. The number of carbonyl (C=O) groups excluding carboxylic acids is 2. The van der Waals surface area contributed by atoms with E-state index in [9.17, 15) is 9.59 Å². The quantitative estimate of drug-likeness (QED) is 0.286. The maximum Gasteiger partial charge on any atom is 0.305 e. The summed E-state index contributed by atoms with van der Waals surface area (Å²) in [4.78, 5) is 23.2. The van der Waals surface area contributed by atoms with Crippen molar-refractivity contribution in [1.29, 1.82) is 0 Å². The third-order valence-corrected chi connectivity index (χ3v) is 4.47. The Morgan fingerprint density at radius 3 is 2.13 bits per heavy atom. The zero-order valence-electron chi connectivity index (χ0n) is 15.9. The molecule has 0 aliphatic carbocycles. The molecule has 1 unspecified atom stereocenters. The standard InChI is InChI=1S/C20H38O3/c1-5-7-8-9-10-11-13-18(6-2)16-23-20(22)15-12-14-19(21)17(3)4/h17-18H,5-16H2,1-4H3. The van der Waals surface area contributed by atoms with Crippen molar-refractivity contribution in [2.75, 3.05) is 6.61 Å². The molecule has 0 aromatic carbocycles. The predicted molar refractivity (Wildman–Crippen MR) is 96.4 cm³/mol. The number of hydrogen-bond donors (Lipinski definition) is 0. The maximum absolute atomic E-state index is 11.7. The minimum absolute atomic E-state index is 0.0628. The van der Waals surface area contributed by atoms with Crippen LogP contribution in [0.15, 0.2) is 0 Å². The van der Waals surface area contributed by atoms with Gasteiger partial charge in [-0.2, -0.15) is 0 Å². The van der Waals surface area contributed by atoms with Crippen molar-refractivity contribution in [3.63, 3.8) is 0 Å². The fourth-order valence-corrected chi connectivity index (χ4v) is 2.60. The number of ether oxygens (including phenoxy) is 1. The van der Waals surface area contributed by atoms with Gasteiger partial charge in [-0.1, -0.05) is 72.6 Å². The second-order valence-electron chi connectivity index (χ2n) is 6.99. The normalized spacial score (nSPS) is 12.4. The van der Waals surface area contributed by atoms with E-state index in [1.54, 1.807) is 0 Å². The number of esters is 1. The number of Topliss-reactive ketones (excluding diaryl/α,β-unsaturated/α-hetero) is 1. The summed E-state index contributed by atoms with van der Waals surface area (Å²) in [5, 5.41) is 0. The van der Waals surface area contributed by atoms with E-state index in [-0.39, 0.29) is 17.7 Å². The van der Waals surface area contributed by atoms with Crippen LogP contribution >= 0.6 is 0 Å². The van der Waals surface area contributed by atoms with Crippen LogP contribution in [0.5, 0.6) is 0 Å². The van der Waals surface area contributed by atoms with Crippen LogP contribution in [0.3, 0.4) is 0 Å². The van der Waals surface area contributed by atoms with Gasteiger partial charge in [0.2, 0.25) is 0 Å². The summed E-state index contributed by atoms with van der Waals surface area (Å²) in [6.07, 6.45) is 11.5. The van der Waals surface area contributed by atoms with Crippen molar-refractivity contribution in [1.82, 2.24) is 0 Å². The molecule has 1 atom stereocenters. The number of unbranched alkanes of at least 4 members (excludes halogenated alkanes) is 5. The smallest absolute Gasteiger partial charge is 0.305 e. The van der Waals surface area contributed by atoms with E-state index >= 15 is 0 Å². The molecule has 0 aromatic heterocycles. The van der Waals surface area contributed by atoms with Crippen LogP contribution in [-0.4, -0.2) is 18.4 Å². The molecule has 0 aliphatic heterocycles. The van der Waals surface area contributed by atoms with Gasteiger partial charge in [-0.15, -0.1) is 0 Å². The molecule has 0 saturated carbocycles. The molecular formula is C20H38O3. The summed E-state index contributed by atoms with van der Waals surface area (Å²) >= 11 is 0. The fraction of sp³-hybridized carbons (Fsp3) is 0.900. The van der Waals surface area contributed by atoms with Crippen molar-refractivity contribution < 1.29 is 14.3 Å². The monoisotopic (exact) mass is 326 g/mol. The first-order chi connectivity index (χ1) is 11.0. The van der Waals surface area contributed by atoms with Gasteiger partial charge < -0.3 is 4.74 Å². The first kappa shape index (κ1) is 22.1. The molecule has 0 bridgehead atoms. The van der Waals surface area contributed by atoms with Gasteiger partial charge in [-0.3, -0.25) is 9.59 Å². The zero-order chi connectivity index (χ0) is 17.5. The number of carbonyl (C=O) groups is 2. The van der Waals surface area contributed by atoms with Gasteiger partial charge in [0.25, 0.3) is 0 Å². The second kappa shape index (κ2) is 14.7. The Labute approximate surface area is 143 Å². The lowest BCUT2D eigenvalue weighted by atomic mass is 9.98. The predicted octanol–water partition coefficient (Wildman–Crippen LogP) is 5.70. The van der Waals surface area contributed by atoms with Crippen LogP contribution in [0, 0.1) is 11.8 Å². The van der Waals surface area contributed by atoms with Gasteiger partial charge in [-0.25, -0.2) is 0 Å². The van der Waals surface area contributed by atoms with Crippen molar-refractivity contribution >= 4 is 11.8 Å². The summed E-state index contributed by atoms with van der Waals surface area (Å²) in [5.74, 6) is 0.630. The van der Waals surface area contributed by atoms with E-state index in [1.165, 1.54) is 38.5 Å². The average Bonchev–Trinajstić information content (AvgIpc) is 2.53. The molecule has 0 radical (unpaired) electrons. The summed E-state index contributed by atoms with van der Waals surface area (Å²) < 4.78 is 5.38. The highest BCUT2D eigenvalue weighted by Crippen LogP contribution is 2.16. The van der Waals surface area contributed by atoms with Gasteiger partial charge in [0.1, 0.15) is 5.78 Å². The van der Waals surface area contributed by atoms with Gasteiger partial charge in [0.15, 0.2) is 0 Å². The van der Waals surface area contributed by atoms with E-state index in [4.69, 9.17) is 4.74 Å². The highest BCUT2D eigenvalue weighted by molar-refractivity contribution is 5.80. The molecule has 136 valence electrons. The molecule has 0 amide bonds. The van der Waals surface area contributed by atoms with Crippen LogP contribution in [0.1, 0.15) is 98.3 Å². The number of rotatable bonds is 15. The topological polar surface area (TPSA) is 43.4 Å². The van der Waals surface area contributed by atoms with Crippen LogP contribution in [0.2, 0.25) is 0 Å². The summed E-state index contributed by atoms with van der Waals surface area (Å²) in [5.41, 5.74) is 0. The molecular weight excluding hydrogens is 288 g/mol. The van der Waals surface area contributed by atoms with E-state index in [2.05, 4.69) is 13.8 Å². The lowest BCUT2D eigenvalue weighted by Gasteiger charge is -2.15. The van der Waals surface area contributed by atoms with Crippen molar-refractivity contribution in [2.45, 2.75) is 98.3 Å². The zero-order valence-corrected chi connectivity index (χ0v) is 15.9. The van der Waals surface area contributed by atoms with E-state index in [0.29, 0.717) is 31.8 Å². The third kappa shape index (κ3) is 13.3. The van der Waals surface area contributed by atoms with Crippen LogP contribution in [0.4, 0.5) is 0 Å². The molecule has 0 heterocycles. The lowest BCUT2D eigenvalue weighted by Crippen LogP contribution is -2.14. The van der Waals surface area contributed by atoms with Gasteiger partial charge >= 0.3 is 5.97 Å². The molecule has 0 saturated heterocycles. The molecule has 3 nitrogen and oxygen atoms in total. The summed E-state index contributed by atoms with van der Waals surface area (Å²) in [6.45, 7) is 8.74. The Morgan fingerprint density at radius 1 is 0.870 bits per heavy atom. The van der Waals surface area contributed by atoms with Crippen LogP contribution < -0.4 is 0 Å².